The van der Waals surface area contributed by atoms with Gasteiger partial charge in [0.2, 0.25) is 0 Å². The Labute approximate surface area is 119 Å². The Morgan fingerprint density at radius 2 is 1.85 bits per heavy atom. The molecular weight excluding hydrogens is 280 g/mol. The van der Waals surface area contributed by atoms with Crippen LogP contribution in [-0.4, -0.2) is 28.0 Å². The predicted octanol–water partition coefficient (Wildman–Crippen LogP) is 0.981. The molecule has 0 bridgehead atoms. The van der Waals surface area contributed by atoms with E-state index in [1.807, 2.05) is 13.8 Å². The zero-order chi connectivity index (χ0) is 15.2. The van der Waals surface area contributed by atoms with Crippen LogP contribution in [0.2, 0.25) is 0 Å². The van der Waals surface area contributed by atoms with Crippen molar-refractivity contribution in [3.05, 3.63) is 35.9 Å². The second-order valence-electron chi connectivity index (χ2n) is 4.73. The van der Waals surface area contributed by atoms with Gasteiger partial charge in [-0.1, -0.05) is 44.2 Å². The molecule has 6 nitrogen and oxygen atoms in total. The van der Waals surface area contributed by atoms with E-state index in [4.69, 9.17) is 0 Å². The van der Waals surface area contributed by atoms with Gasteiger partial charge in [-0.05, 0) is 11.5 Å². The quantitative estimate of drug-likeness (QED) is 0.735. The van der Waals surface area contributed by atoms with Gasteiger partial charge in [0.05, 0.1) is 7.11 Å². The number of rotatable bonds is 7. The highest BCUT2D eigenvalue weighted by molar-refractivity contribution is 7.87. The second-order valence-corrected chi connectivity index (χ2v) is 6.26. The molecule has 0 radical (unpaired) electrons. The molecule has 0 saturated carbocycles. The van der Waals surface area contributed by atoms with Crippen LogP contribution in [0.15, 0.2) is 30.3 Å². The average molecular weight is 300 g/mol. The molecule has 1 aromatic carbocycles. The normalized spacial score (nSPS) is 13.2. The molecule has 0 aliphatic carbocycles. The van der Waals surface area contributed by atoms with Crippen LogP contribution in [0.25, 0.3) is 0 Å². The fourth-order valence-corrected chi connectivity index (χ4v) is 2.67. The molecule has 1 rings (SSSR count). The summed E-state index contributed by atoms with van der Waals surface area (Å²) >= 11 is 0. The van der Waals surface area contributed by atoms with E-state index in [9.17, 15) is 13.2 Å². The Morgan fingerprint density at radius 1 is 1.25 bits per heavy atom. The summed E-state index contributed by atoms with van der Waals surface area (Å²) in [7, 11) is -2.56. The molecule has 7 heteroatoms. The number of hydrogen-bond acceptors (Lipinski definition) is 4. The van der Waals surface area contributed by atoms with Gasteiger partial charge in [0.1, 0.15) is 6.04 Å². The lowest BCUT2D eigenvalue weighted by molar-refractivity contribution is -0.142. The Balaban J connectivity index is 2.89. The van der Waals surface area contributed by atoms with Crippen LogP contribution >= 0.6 is 0 Å². The minimum Gasteiger partial charge on any atom is -0.468 e. The summed E-state index contributed by atoms with van der Waals surface area (Å²) in [5.74, 6) is -0.494. The molecule has 0 aromatic heterocycles. The topological polar surface area (TPSA) is 84.5 Å². The van der Waals surface area contributed by atoms with E-state index >= 15 is 0 Å². The lowest BCUT2D eigenvalue weighted by atomic mass is 10.1. The SMILES string of the molecule is COC(=O)C(NS(=O)(=O)NCC(C)C)c1ccccc1. The third-order valence-electron chi connectivity index (χ3n) is 2.52. The average Bonchev–Trinajstić information content (AvgIpc) is 2.43. The third-order valence-corrected chi connectivity index (χ3v) is 3.62. The lowest BCUT2D eigenvalue weighted by Gasteiger charge is -2.17. The fourth-order valence-electron chi connectivity index (χ4n) is 1.49. The van der Waals surface area contributed by atoms with E-state index in [0.717, 1.165) is 0 Å². The molecule has 0 spiro atoms. The number of ether oxygens (including phenoxy) is 1. The molecule has 0 amide bonds. The monoisotopic (exact) mass is 300 g/mol. The zero-order valence-corrected chi connectivity index (χ0v) is 12.6. The predicted molar refractivity (Wildman–Crippen MR) is 76.1 cm³/mol. The molecule has 1 unspecified atom stereocenters. The molecule has 0 saturated heterocycles. The highest BCUT2D eigenvalue weighted by Gasteiger charge is 2.26. The van der Waals surface area contributed by atoms with Gasteiger partial charge < -0.3 is 4.74 Å². The van der Waals surface area contributed by atoms with Gasteiger partial charge in [-0.3, -0.25) is 0 Å². The molecule has 20 heavy (non-hydrogen) atoms. The maximum Gasteiger partial charge on any atom is 0.328 e. The fraction of sp³-hybridized carbons (Fsp3) is 0.462. The largest absolute Gasteiger partial charge is 0.468 e. The van der Waals surface area contributed by atoms with Crippen LogP contribution in [0.3, 0.4) is 0 Å². The summed E-state index contributed by atoms with van der Waals surface area (Å²) < 4.78 is 33.2. The maximum absolute atomic E-state index is 11.9. The van der Waals surface area contributed by atoms with Crippen LogP contribution in [-0.2, 0) is 19.7 Å². The smallest absolute Gasteiger partial charge is 0.328 e. The molecular formula is C13H20N2O4S. The zero-order valence-electron chi connectivity index (χ0n) is 11.8. The first-order valence-corrected chi connectivity index (χ1v) is 7.73. The van der Waals surface area contributed by atoms with Crippen molar-refractivity contribution in [2.24, 2.45) is 5.92 Å². The third kappa shape index (κ3) is 5.28. The highest BCUT2D eigenvalue weighted by atomic mass is 32.2. The minimum atomic E-state index is -3.78. The number of hydrogen-bond donors (Lipinski definition) is 2. The van der Waals surface area contributed by atoms with Crippen LogP contribution in [0.4, 0.5) is 0 Å². The van der Waals surface area contributed by atoms with Crippen LogP contribution in [0.5, 0.6) is 0 Å². The molecule has 2 N–H and O–H groups in total. The first-order valence-electron chi connectivity index (χ1n) is 6.25. The van der Waals surface area contributed by atoms with Crippen molar-refractivity contribution in [3.8, 4) is 0 Å². The van der Waals surface area contributed by atoms with Crippen molar-refractivity contribution in [3.63, 3.8) is 0 Å². The molecule has 1 atom stereocenters. The van der Waals surface area contributed by atoms with Gasteiger partial charge in [0.25, 0.3) is 10.2 Å². The maximum atomic E-state index is 11.9. The number of esters is 1. The van der Waals surface area contributed by atoms with Crippen molar-refractivity contribution >= 4 is 16.2 Å². The molecule has 0 aliphatic rings. The summed E-state index contributed by atoms with van der Waals surface area (Å²) in [6, 6.07) is 7.48. The summed E-state index contributed by atoms with van der Waals surface area (Å²) in [4.78, 5) is 11.8. The van der Waals surface area contributed by atoms with E-state index < -0.39 is 22.2 Å². The minimum absolute atomic E-state index is 0.167. The van der Waals surface area contributed by atoms with Crippen molar-refractivity contribution in [2.45, 2.75) is 19.9 Å². The number of nitrogens with one attached hydrogen (secondary N) is 2. The van der Waals surface area contributed by atoms with E-state index in [-0.39, 0.29) is 12.5 Å². The van der Waals surface area contributed by atoms with Crippen molar-refractivity contribution < 1.29 is 17.9 Å². The lowest BCUT2D eigenvalue weighted by Crippen LogP contribution is -2.43. The van der Waals surface area contributed by atoms with E-state index in [1.165, 1.54) is 7.11 Å². The van der Waals surface area contributed by atoms with Crippen LogP contribution < -0.4 is 9.44 Å². The van der Waals surface area contributed by atoms with Crippen molar-refractivity contribution in [1.82, 2.24) is 9.44 Å². The first kappa shape index (κ1) is 16.6. The van der Waals surface area contributed by atoms with Gasteiger partial charge in [0, 0.05) is 6.54 Å². The number of benzene rings is 1. The van der Waals surface area contributed by atoms with Gasteiger partial charge in [-0.2, -0.15) is 13.1 Å². The van der Waals surface area contributed by atoms with Crippen molar-refractivity contribution in [2.75, 3.05) is 13.7 Å². The second kappa shape index (κ2) is 7.37. The molecule has 1 aromatic rings. The Morgan fingerprint density at radius 3 is 2.35 bits per heavy atom. The molecule has 0 aliphatic heterocycles. The van der Waals surface area contributed by atoms with Gasteiger partial charge >= 0.3 is 5.97 Å². The molecule has 0 heterocycles. The summed E-state index contributed by atoms with van der Waals surface area (Å²) in [5.41, 5.74) is 0.522. The number of carbonyl (C=O) groups is 1. The van der Waals surface area contributed by atoms with E-state index in [2.05, 4.69) is 14.2 Å². The van der Waals surface area contributed by atoms with E-state index in [1.54, 1.807) is 30.3 Å². The summed E-state index contributed by atoms with van der Waals surface area (Å²) in [6.07, 6.45) is 0. The van der Waals surface area contributed by atoms with Gasteiger partial charge in [0.15, 0.2) is 0 Å². The molecule has 112 valence electrons. The summed E-state index contributed by atoms with van der Waals surface area (Å²) in [5, 5.41) is 0. The number of methoxy groups -OCH3 is 1. The Hall–Kier alpha value is -1.44. The van der Waals surface area contributed by atoms with Gasteiger partial charge in [-0.15, -0.1) is 0 Å². The standard InChI is InChI=1S/C13H20N2O4S/c1-10(2)9-14-20(17,18)15-12(13(16)19-3)11-7-5-4-6-8-11/h4-8,10,12,14-15H,9H2,1-3H3. The Kier molecular flexibility index (Phi) is 6.12. The van der Waals surface area contributed by atoms with E-state index in [0.29, 0.717) is 5.56 Å². The molecule has 0 fully saturated rings. The van der Waals surface area contributed by atoms with Crippen LogP contribution in [0, 0.1) is 5.92 Å². The van der Waals surface area contributed by atoms with Crippen LogP contribution in [0.1, 0.15) is 25.5 Å². The Bertz CT molecular complexity index is 529. The summed E-state index contributed by atoms with van der Waals surface area (Å²) in [6.45, 7) is 4.06. The highest BCUT2D eigenvalue weighted by Crippen LogP contribution is 2.14. The van der Waals surface area contributed by atoms with Crippen molar-refractivity contribution in [1.29, 1.82) is 0 Å². The number of carbonyl (C=O) groups excluding carboxylic acids is 1. The van der Waals surface area contributed by atoms with Gasteiger partial charge in [-0.25, -0.2) is 9.52 Å². The first-order chi connectivity index (χ1) is 9.35.